The minimum absolute atomic E-state index is 0.330. The van der Waals surface area contributed by atoms with Crippen LogP contribution >= 0.6 is 23.2 Å². The zero-order valence-corrected chi connectivity index (χ0v) is 11.6. The Balaban J connectivity index is 2.22. The Labute approximate surface area is 120 Å². The first kappa shape index (κ1) is 12.5. The van der Waals surface area contributed by atoms with Crippen molar-refractivity contribution in [2.75, 3.05) is 0 Å². The predicted molar refractivity (Wildman–Crippen MR) is 75.5 cm³/mol. The number of benzene rings is 2. The van der Waals surface area contributed by atoms with Crippen LogP contribution in [0.3, 0.4) is 0 Å². The molecule has 2 aromatic rings. The van der Waals surface area contributed by atoms with E-state index < -0.39 is 6.10 Å². The molecule has 0 bridgehead atoms. The van der Waals surface area contributed by atoms with Gasteiger partial charge in [-0.05, 0) is 35.4 Å². The van der Waals surface area contributed by atoms with Gasteiger partial charge < -0.3 is 4.74 Å². The molecule has 4 heteroatoms. The Morgan fingerprint density at radius 2 is 1.47 bits per heavy atom. The molecular weight excluding hydrogens is 283 g/mol. The van der Waals surface area contributed by atoms with Gasteiger partial charge in [-0.2, -0.15) is 0 Å². The summed E-state index contributed by atoms with van der Waals surface area (Å²) in [7, 11) is 0. The predicted octanol–water partition coefficient (Wildman–Crippen LogP) is 4.63. The molecule has 0 amide bonds. The molecule has 0 heterocycles. The summed E-state index contributed by atoms with van der Waals surface area (Å²) in [5.41, 5.74) is 3.87. The second kappa shape index (κ2) is 4.55. The minimum atomic E-state index is -0.431. The maximum Gasteiger partial charge on any atom is 0.303 e. The zero-order valence-electron chi connectivity index (χ0n) is 10.1. The molecule has 0 N–H and O–H groups in total. The van der Waals surface area contributed by atoms with E-state index in [0.717, 1.165) is 22.3 Å². The highest BCUT2D eigenvalue weighted by atomic mass is 35.5. The van der Waals surface area contributed by atoms with Gasteiger partial charge in [0, 0.05) is 28.1 Å². The van der Waals surface area contributed by atoms with E-state index in [-0.39, 0.29) is 5.97 Å². The van der Waals surface area contributed by atoms with Crippen LogP contribution in [0, 0.1) is 0 Å². The van der Waals surface area contributed by atoms with Crippen molar-refractivity contribution in [1.29, 1.82) is 0 Å². The first-order chi connectivity index (χ1) is 9.06. The molecule has 0 saturated carbocycles. The van der Waals surface area contributed by atoms with Crippen molar-refractivity contribution in [3.8, 4) is 11.1 Å². The topological polar surface area (TPSA) is 26.3 Å². The van der Waals surface area contributed by atoms with E-state index >= 15 is 0 Å². The molecule has 2 nitrogen and oxygen atoms in total. The van der Waals surface area contributed by atoms with Crippen LogP contribution in [0.15, 0.2) is 36.4 Å². The van der Waals surface area contributed by atoms with Crippen LogP contribution in [-0.2, 0) is 9.53 Å². The summed E-state index contributed by atoms with van der Waals surface area (Å²) >= 11 is 12.1. The third-order valence-electron chi connectivity index (χ3n) is 3.17. The summed E-state index contributed by atoms with van der Waals surface area (Å²) in [6.07, 6.45) is -0.431. The second-order valence-electron chi connectivity index (χ2n) is 4.45. The Kier molecular flexibility index (Phi) is 3.00. The molecule has 0 radical (unpaired) electrons. The highest BCUT2D eigenvalue weighted by Gasteiger charge is 2.31. The molecule has 0 aliphatic heterocycles. The molecule has 0 aromatic heterocycles. The SMILES string of the molecule is CC(=O)OC1c2cc(Cl)ccc2-c2ccc(Cl)cc21. The maximum absolute atomic E-state index is 11.3. The molecular formula is C15H10Cl2O2. The highest BCUT2D eigenvalue weighted by molar-refractivity contribution is 6.31. The molecule has 1 aliphatic rings. The number of hydrogen-bond acceptors (Lipinski definition) is 2. The fourth-order valence-corrected chi connectivity index (χ4v) is 2.81. The van der Waals surface area contributed by atoms with Gasteiger partial charge in [-0.3, -0.25) is 4.79 Å². The lowest BCUT2D eigenvalue weighted by Crippen LogP contribution is -2.07. The molecule has 0 atom stereocenters. The van der Waals surface area contributed by atoms with E-state index in [1.807, 2.05) is 36.4 Å². The molecule has 19 heavy (non-hydrogen) atoms. The van der Waals surface area contributed by atoms with Gasteiger partial charge in [0.05, 0.1) is 0 Å². The number of ether oxygens (including phenoxy) is 1. The summed E-state index contributed by atoms with van der Waals surface area (Å²) in [4.78, 5) is 11.3. The average Bonchev–Trinajstić information content (AvgIpc) is 2.62. The summed E-state index contributed by atoms with van der Waals surface area (Å²) < 4.78 is 5.42. The summed E-state index contributed by atoms with van der Waals surface area (Å²) in [6, 6.07) is 11.2. The van der Waals surface area contributed by atoms with E-state index in [1.54, 1.807) is 0 Å². The fourth-order valence-electron chi connectivity index (χ4n) is 2.45. The summed E-state index contributed by atoms with van der Waals surface area (Å²) in [6.45, 7) is 1.40. The van der Waals surface area contributed by atoms with Gasteiger partial charge >= 0.3 is 5.97 Å². The lowest BCUT2D eigenvalue weighted by atomic mass is 10.1. The fraction of sp³-hybridized carbons (Fsp3) is 0.133. The van der Waals surface area contributed by atoms with Gasteiger partial charge in [-0.25, -0.2) is 0 Å². The van der Waals surface area contributed by atoms with Gasteiger partial charge in [0.25, 0.3) is 0 Å². The third-order valence-corrected chi connectivity index (χ3v) is 3.64. The second-order valence-corrected chi connectivity index (χ2v) is 5.33. The molecule has 0 fully saturated rings. The van der Waals surface area contributed by atoms with Crippen LogP contribution < -0.4 is 0 Å². The van der Waals surface area contributed by atoms with Crippen molar-refractivity contribution in [1.82, 2.24) is 0 Å². The van der Waals surface area contributed by atoms with Crippen LogP contribution in [0.5, 0.6) is 0 Å². The van der Waals surface area contributed by atoms with E-state index in [9.17, 15) is 4.79 Å². The zero-order chi connectivity index (χ0) is 13.6. The highest BCUT2D eigenvalue weighted by Crippen LogP contribution is 2.46. The Morgan fingerprint density at radius 1 is 1.00 bits per heavy atom. The van der Waals surface area contributed by atoms with Crippen molar-refractivity contribution in [3.05, 3.63) is 57.6 Å². The smallest absolute Gasteiger partial charge is 0.303 e. The lowest BCUT2D eigenvalue weighted by molar-refractivity contribution is -0.144. The van der Waals surface area contributed by atoms with Crippen molar-refractivity contribution in [2.45, 2.75) is 13.0 Å². The lowest BCUT2D eigenvalue weighted by Gasteiger charge is -2.13. The van der Waals surface area contributed by atoms with Gasteiger partial charge in [-0.15, -0.1) is 0 Å². The van der Waals surface area contributed by atoms with Gasteiger partial charge in [-0.1, -0.05) is 35.3 Å². The van der Waals surface area contributed by atoms with Crippen LogP contribution in [0.4, 0.5) is 0 Å². The molecule has 0 saturated heterocycles. The Morgan fingerprint density at radius 3 is 1.89 bits per heavy atom. The molecule has 96 valence electrons. The number of fused-ring (bicyclic) bond motifs is 3. The normalized spacial score (nSPS) is 13.0. The van der Waals surface area contributed by atoms with Gasteiger partial charge in [0.15, 0.2) is 6.10 Å². The summed E-state index contributed by atoms with van der Waals surface area (Å²) in [5.74, 6) is -0.330. The number of carbonyl (C=O) groups excluding carboxylic acids is 1. The third kappa shape index (κ3) is 2.11. The van der Waals surface area contributed by atoms with Crippen LogP contribution in [0.2, 0.25) is 10.0 Å². The van der Waals surface area contributed by atoms with Crippen LogP contribution in [0.25, 0.3) is 11.1 Å². The van der Waals surface area contributed by atoms with Crippen molar-refractivity contribution in [3.63, 3.8) is 0 Å². The Bertz CT molecular complexity index is 628. The molecule has 0 spiro atoms. The Hall–Kier alpha value is -1.51. The van der Waals surface area contributed by atoms with Crippen molar-refractivity contribution in [2.24, 2.45) is 0 Å². The molecule has 0 unspecified atom stereocenters. The maximum atomic E-state index is 11.3. The monoisotopic (exact) mass is 292 g/mol. The van der Waals surface area contributed by atoms with Crippen LogP contribution in [-0.4, -0.2) is 5.97 Å². The number of esters is 1. The largest absolute Gasteiger partial charge is 0.453 e. The molecule has 3 rings (SSSR count). The molecule has 2 aromatic carbocycles. The summed E-state index contributed by atoms with van der Waals surface area (Å²) in [5, 5.41) is 1.24. The van der Waals surface area contributed by atoms with Gasteiger partial charge in [0.1, 0.15) is 0 Å². The van der Waals surface area contributed by atoms with Crippen molar-refractivity contribution >= 4 is 29.2 Å². The van der Waals surface area contributed by atoms with E-state index in [2.05, 4.69) is 0 Å². The number of rotatable bonds is 1. The number of halogens is 2. The quantitative estimate of drug-likeness (QED) is 0.717. The van der Waals surface area contributed by atoms with Crippen LogP contribution in [0.1, 0.15) is 24.2 Å². The standard InChI is InChI=1S/C15H10Cl2O2/c1-8(18)19-15-13-6-9(16)2-4-11(13)12-5-3-10(17)7-14(12)15/h2-7,15H,1H3. The minimum Gasteiger partial charge on any atom is -0.453 e. The van der Waals surface area contributed by atoms with E-state index in [0.29, 0.717) is 10.0 Å². The number of carbonyl (C=O) groups is 1. The van der Waals surface area contributed by atoms with E-state index in [1.165, 1.54) is 6.92 Å². The first-order valence-electron chi connectivity index (χ1n) is 5.83. The van der Waals surface area contributed by atoms with E-state index in [4.69, 9.17) is 27.9 Å². The van der Waals surface area contributed by atoms with Crippen molar-refractivity contribution < 1.29 is 9.53 Å². The first-order valence-corrected chi connectivity index (χ1v) is 6.58. The number of hydrogen-bond donors (Lipinski definition) is 0. The molecule has 1 aliphatic carbocycles. The van der Waals surface area contributed by atoms with Gasteiger partial charge in [0.2, 0.25) is 0 Å². The average molecular weight is 293 g/mol.